The van der Waals surface area contributed by atoms with Gasteiger partial charge in [0.1, 0.15) is 18.0 Å². The van der Waals surface area contributed by atoms with E-state index >= 15 is 0 Å². The van der Waals surface area contributed by atoms with Gasteiger partial charge in [-0.2, -0.15) is 0 Å². The summed E-state index contributed by atoms with van der Waals surface area (Å²) in [6.45, 7) is 3.45. The molecule has 0 aliphatic carbocycles. The number of hydrogen-bond donors (Lipinski definition) is 2. The number of benzene rings is 2. The molecule has 2 aromatic rings. The Kier molecular flexibility index (Phi) is 3.87. The largest absolute Gasteiger partial charge is 0.489 e. The van der Waals surface area contributed by atoms with Gasteiger partial charge in [-0.05, 0) is 31.2 Å². The lowest BCUT2D eigenvalue weighted by molar-refractivity contribution is -0.115. The van der Waals surface area contributed by atoms with Gasteiger partial charge in [0.25, 0.3) is 0 Å². The van der Waals surface area contributed by atoms with Crippen LogP contribution in [-0.2, 0) is 4.79 Å². The first-order chi connectivity index (χ1) is 10.6. The van der Waals surface area contributed by atoms with Gasteiger partial charge >= 0.3 is 0 Å². The molecule has 0 fully saturated rings. The Labute approximate surface area is 129 Å². The summed E-state index contributed by atoms with van der Waals surface area (Å²) >= 11 is 0. The molecule has 1 amide bonds. The van der Waals surface area contributed by atoms with Crippen molar-refractivity contribution in [3.8, 4) is 5.75 Å². The van der Waals surface area contributed by atoms with Crippen molar-refractivity contribution < 1.29 is 9.53 Å². The summed E-state index contributed by atoms with van der Waals surface area (Å²) in [5.74, 6) is 0.661. The summed E-state index contributed by atoms with van der Waals surface area (Å²) < 4.78 is 5.59. The molecule has 1 heterocycles. The molecule has 5 heteroatoms. The highest BCUT2D eigenvalue weighted by molar-refractivity contribution is 5.95. The van der Waals surface area contributed by atoms with Crippen molar-refractivity contribution in [1.82, 2.24) is 0 Å². The highest BCUT2D eigenvalue weighted by Crippen LogP contribution is 2.36. The number of hydrogen-bond acceptors (Lipinski definition) is 4. The van der Waals surface area contributed by atoms with Crippen molar-refractivity contribution in [3.63, 3.8) is 0 Å². The maximum Gasteiger partial charge on any atom is 0.243 e. The van der Waals surface area contributed by atoms with Gasteiger partial charge in [0.05, 0.1) is 18.8 Å². The Morgan fingerprint density at radius 1 is 1.27 bits per heavy atom. The van der Waals surface area contributed by atoms with E-state index in [4.69, 9.17) is 10.5 Å². The smallest absolute Gasteiger partial charge is 0.243 e. The summed E-state index contributed by atoms with van der Waals surface area (Å²) in [6, 6.07) is 13.3. The summed E-state index contributed by atoms with van der Waals surface area (Å²) in [6.07, 6.45) is 0. The number of nitrogen functional groups attached to an aromatic ring is 1. The SMILES string of the molecule is Cc1ccc(NC(=O)CN2CCOc3cccc(N)c32)cc1. The number of ether oxygens (including phenoxy) is 1. The van der Waals surface area contributed by atoms with Crippen LogP contribution in [0, 0.1) is 6.92 Å². The predicted molar refractivity (Wildman–Crippen MR) is 88.4 cm³/mol. The molecule has 0 bridgehead atoms. The third kappa shape index (κ3) is 2.98. The summed E-state index contributed by atoms with van der Waals surface area (Å²) in [7, 11) is 0. The van der Waals surface area contributed by atoms with Crippen molar-refractivity contribution in [2.75, 3.05) is 35.6 Å². The van der Waals surface area contributed by atoms with E-state index in [0.717, 1.165) is 22.7 Å². The molecule has 0 aromatic heterocycles. The van der Waals surface area contributed by atoms with Gasteiger partial charge in [0, 0.05) is 5.69 Å². The highest BCUT2D eigenvalue weighted by atomic mass is 16.5. The standard InChI is InChI=1S/C17H19N3O2/c1-12-5-7-13(8-6-12)19-16(21)11-20-9-10-22-15-4-2-3-14(18)17(15)20/h2-8H,9-11,18H2,1H3,(H,19,21). The Morgan fingerprint density at radius 2 is 2.05 bits per heavy atom. The van der Waals surface area contributed by atoms with Crippen molar-refractivity contribution in [2.45, 2.75) is 6.92 Å². The molecule has 3 N–H and O–H groups in total. The Morgan fingerprint density at radius 3 is 2.82 bits per heavy atom. The Bertz CT molecular complexity index is 683. The van der Waals surface area contributed by atoms with Crippen LogP contribution in [0.1, 0.15) is 5.56 Å². The molecule has 5 nitrogen and oxygen atoms in total. The van der Waals surface area contributed by atoms with E-state index in [1.807, 2.05) is 54.3 Å². The zero-order chi connectivity index (χ0) is 15.5. The molecule has 1 aliphatic heterocycles. The van der Waals surface area contributed by atoms with E-state index in [0.29, 0.717) is 18.8 Å². The van der Waals surface area contributed by atoms with Crippen molar-refractivity contribution >= 4 is 23.0 Å². The van der Waals surface area contributed by atoms with Gasteiger partial charge < -0.3 is 20.7 Å². The second-order valence-electron chi connectivity index (χ2n) is 5.38. The molecule has 0 unspecified atom stereocenters. The summed E-state index contributed by atoms with van der Waals surface area (Å²) in [4.78, 5) is 14.2. The average Bonchev–Trinajstić information content (AvgIpc) is 2.50. The van der Waals surface area contributed by atoms with Gasteiger partial charge in [0.15, 0.2) is 0 Å². The molecule has 0 spiro atoms. The number of carbonyl (C=O) groups excluding carboxylic acids is 1. The van der Waals surface area contributed by atoms with Crippen LogP contribution < -0.4 is 20.7 Å². The molecule has 0 saturated carbocycles. The number of rotatable bonds is 3. The maximum atomic E-state index is 12.3. The number of nitrogens with one attached hydrogen (secondary N) is 1. The molecule has 0 atom stereocenters. The number of amides is 1. The van der Waals surface area contributed by atoms with E-state index < -0.39 is 0 Å². The van der Waals surface area contributed by atoms with Crippen LogP contribution in [0.4, 0.5) is 17.1 Å². The molecule has 114 valence electrons. The summed E-state index contributed by atoms with van der Waals surface area (Å²) in [5.41, 5.74) is 9.40. The van der Waals surface area contributed by atoms with Crippen LogP contribution in [-0.4, -0.2) is 25.6 Å². The fraction of sp³-hybridized carbons (Fsp3) is 0.235. The number of nitrogens with zero attached hydrogens (tertiary/aromatic N) is 1. The first-order valence-corrected chi connectivity index (χ1v) is 7.26. The number of fused-ring (bicyclic) bond motifs is 1. The maximum absolute atomic E-state index is 12.3. The normalized spacial score (nSPS) is 13.2. The van der Waals surface area contributed by atoms with Gasteiger partial charge in [-0.3, -0.25) is 4.79 Å². The van der Waals surface area contributed by atoms with Crippen LogP contribution in [0.3, 0.4) is 0 Å². The lowest BCUT2D eigenvalue weighted by atomic mass is 10.2. The molecular weight excluding hydrogens is 278 g/mol. The van der Waals surface area contributed by atoms with Gasteiger partial charge in [-0.15, -0.1) is 0 Å². The van der Waals surface area contributed by atoms with Crippen molar-refractivity contribution in [3.05, 3.63) is 48.0 Å². The number of nitrogens with two attached hydrogens (primary N) is 1. The zero-order valence-electron chi connectivity index (χ0n) is 12.5. The third-order valence-electron chi connectivity index (χ3n) is 3.64. The van der Waals surface area contributed by atoms with Crippen molar-refractivity contribution in [1.29, 1.82) is 0 Å². The molecule has 22 heavy (non-hydrogen) atoms. The van der Waals surface area contributed by atoms with Crippen LogP contribution in [0.25, 0.3) is 0 Å². The highest BCUT2D eigenvalue weighted by Gasteiger charge is 2.22. The fourth-order valence-electron chi connectivity index (χ4n) is 2.54. The molecule has 0 radical (unpaired) electrons. The number of aryl methyl sites for hydroxylation is 1. The van der Waals surface area contributed by atoms with Crippen LogP contribution in [0.15, 0.2) is 42.5 Å². The van der Waals surface area contributed by atoms with Crippen LogP contribution >= 0.6 is 0 Å². The monoisotopic (exact) mass is 297 g/mol. The van der Waals surface area contributed by atoms with Gasteiger partial charge in [-0.25, -0.2) is 0 Å². The lowest BCUT2D eigenvalue weighted by Crippen LogP contribution is -2.39. The minimum atomic E-state index is -0.0695. The topological polar surface area (TPSA) is 67.6 Å². The number of carbonyl (C=O) groups is 1. The first-order valence-electron chi connectivity index (χ1n) is 7.26. The van der Waals surface area contributed by atoms with E-state index in [1.165, 1.54) is 0 Å². The Balaban J connectivity index is 1.72. The number of para-hydroxylation sites is 1. The quantitative estimate of drug-likeness (QED) is 0.854. The van der Waals surface area contributed by atoms with Crippen LogP contribution in [0.5, 0.6) is 5.75 Å². The fourth-order valence-corrected chi connectivity index (χ4v) is 2.54. The van der Waals surface area contributed by atoms with Crippen LogP contribution in [0.2, 0.25) is 0 Å². The average molecular weight is 297 g/mol. The lowest BCUT2D eigenvalue weighted by Gasteiger charge is -2.31. The van der Waals surface area contributed by atoms with Crippen molar-refractivity contribution in [2.24, 2.45) is 0 Å². The van der Waals surface area contributed by atoms with E-state index in [9.17, 15) is 4.79 Å². The van der Waals surface area contributed by atoms with E-state index in [1.54, 1.807) is 0 Å². The predicted octanol–water partition coefficient (Wildman–Crippen LogP) is 2.41. The number of anilines is 3. The van der Waals surface area contributed by atoms with Gasteiger partial charge in [-0.1, -0.05) is 23.8 Å². The van der Waals surface area contributed by atoms with E-state index in [2.05, 4.69) is 5.32 Å². The summed E-state index contributed by atoms with van der Waals surface area (Å²) in [5, 5.41) is 2.90. The second kappa shape index (κ2) is 5.97. The minimum Gasteiger partial charge on any atom is -0.489 e. The molecular formula is C17H19N3O2. The molecule has 1 aliphatic rings. The molecule has 2 aromatic carbocycles. The zero-order valence-corrected chi connectivity index (χ0v) is 12.5. The third-order valence-corrected chi connectivity index (χ3v) is 3.64. The Hall–Kier alpha value is -2.69. The second-order valence-corrected chi connectivity index (χ2v) is 5.38. The molecule has 0 saturated heterocycles. The first kappa shape index (κ1) is 14.3. The van der Waals surface area contributed by atoms with E-state index in [-0.39, 0.29) is 12.5 Å². The van der Waals surface area contributed by atoms with Gasteiger partial charge in [0.2, 0.25) is 5.91 Å². The minimum absolute atomic E-state index is 0.0695. The molecule has 3 rings (SSSR count).